The molecule has 0 bridgehead atoms. The second-order valence-electron chi connectivity index (χ2n) is 2.12. The van der Waals surface area contributed by atoms with Crippen LogP contribution in [0.5, 0.6) is 0 Å². The van der Waals surface area contributed by atoms with E-state index in [2.05, 4.69) is 0 Å². The summed E-state index contributed by atoms with van der Waals surface area (Å²) < 4.78 is 21.5. The van der Waals surface area contributed by atoms with Gasteiger partial charge in [0.05, 0.1) is 0 Å². The molecule has 0 spiro atoms. The van der Waals surface area contributed by atoms with Gasteiger partial charge in [0.15, 0.2) is 5.78 Å². The van der Waals surface area contributed by atoms with Gasteiger partial charge in [-0.3, -0.25) is 4.79 Å². The van der Waals surface area contributed by atoms with Crippen molar-refractivity contribution in [1.82, 2.24) is 0 Å². The van der Waals surface area contributed by atoms with Crippen LogP contribution in [0.3, 0.4) is 0 Å². The Morgan fingerprint density at radius 2 is 2.00 bits per heavy atom. The third kappa shape index (κ3) is 1.88. The Hall–Kier alpha value is -0.320. The first-order chi connectivity index (χ1) is 5.43. The van der Waals surface area contributed by atoms with Crippen LogP contribution in [0.2, 0.25) is 0 Å². The molecule has 66 valence electrons. The molecule has 1 unspecified atom stereocenters. The summed E-state index contributed by atoms with van der Waals surface area (Å²) >= 11 is 5.47. The Morgan fingerprint density at radius 3 is 2.42 bits per heavy atom. The fraction of sp³-hybridized carbons (Fsp3) is 0.167. The smallest absolute Gasteiger partial charge is 0.264 e. The molecule has 0 aromatic heterocycles. The highest BCUT2D eigenvalue weighted by molar-refractivity contribution is 8.17. The number of halogens is 2. The molecule has 0 N–H and O–H groups in total. The predicted molar refractivity (Wildman–Crippen MR) is 46.6 cm³/mol. The Bertz CT molecular complexity index is 366. The van der Waals surface area contributed by atoms with Crippen molar-refractivity contribution in [3.63, 3.8) is 0 Å². The molecule has 0 heterocycles. The van der Waals surface area contributed by atoms with E-state index in [0.717, 1.165) is 6.08 Å². The van der Waals surface area contributed by atoms with Gasteiger partial charge in [0.1, 0.15) is 10.3 Å². The molecule has 1 aliphatic carbocycles. The highest BCUT2D eigenvalue weighted by Gasteiger charge is 2.28. The third-order valence-electron chi connectivity index (χ3n) is 1.28. The van der Waals surface area contributed by atoms with Gasteiger partial charge in [-0.1, -0.05) is 12.2 Å². The maximum Gasteiger partial charge on any atom is 0.264 e. The van der Waals surface area contributed by atoms with Gasteiger partial charge in [-0.15, -0.1) is 11.6 Å². The zero-order valence-electron chi connectivity index (χ0n) is 5.70. The van der Waals surface area contributed by atoms with Crippen molar-refractivity contribution >= 4 is 37.1 Å². The second kappa shape index (κ2) is 3.20. The molecule has 0 radical (unpaired) electrons. The van der Waals surface area contributed by atoms with Gasteiger partial charge in [-0.25, -0.2) is 8.42 Å². The van der Waals surface area contributed by atoms with Gasteiger partial charge in [-0.05, 0) is 6.08 Å². The Labute approximate surface area is 79.1 Å². The summed E-state index contributed by atoms with van der Waals surface area (Å²) in [6.07, 6.45) is 3.90. The fourth-order valence-corrected chi connectivity index (χ4v) is 2.00. The number of ketones is 1. The van der Waals surface area contributed by atoms with Gasteiger partial charge >= 0.3 is 0 Å². The molecule has 12 heavy (non-hydrogen) atoms. The van der Waals surface area contributed by atoms with Gasteiger partial charge in [0, 0.05) is 10.7 Å². The summed E-state index contributed by atoms with van der Waals surface area (Å²) in [5.74, 6) is -0.686. The fourth-order valence-electron chi connectivity index (χ4n) is 0.747. The number of carbonyl (C=O) groups is 1. The molecular formula is C6H4Cl2O3S. The first-order valence-corrected chi connectivity index (χ1v) is 5.69. The van der Waals surface area contributed by atoms with Gasteiger partial charge in [-0.2, -0.15) is 0 Å². The number of rotatable bonds is 1. The largest absolute Gasteiger partial charge is 0.291 e. The number of Topliss-reactive ketones (excluding diaryl/α,β-unsaturated/α-hetero) is 1. The lowest BCUT2D eigenvalue weighted by Gasteiger charge is -2.07. The van der Waals surface area contributed by atoms with Crippen molar-refractivity contribution in [3.05, 3.63) is 23.1 Å². The van der Waals surface area contributed by atoms with E-state index in [4.69, 9.17) is 22.3 Å². The molecule has 0 aromatic carbocycles. The normalized spacial score (nSPS) is 24.0. The van der Waals surface area contributed by atoms with Crippen LogP contribution in [0, 0.1) is 0 Å². The molecule has 3 nitrogen and oxygen atoms in total. The third-order valence-corrected chi connectivity index (χ3v) is 2.99. The zero-order valence-corrected chi connectivity index (χ0v) is 8.03. The van der Waals surface area contributed by atoms with Crippen LogP contribution in [0.4, 0.5) is 0 Å². The second-order valence-corrected chi connectivity index (χ2v) is 5.12. The van der Waals surface area contributed by atoms with Crippen LogP contribution in [-0.4, -0.2) is 19.6 Å². The quantitative estimate of drug-likeness (QED) is 0.499. The highest BCUT2D eigenvalue weighted by atomic mass is 35.7. The summed E-state index contributed by atoms with van der Waals surface area (Å²) in [6.45, 7) is 0. The number of carbonyl (C=O) groups excluding carboxylic acids is 1. The molecule has 1 aliphatic rings. The average Bonchev–Trinajstić information content (AvgIpc) is 1.92. The Balaban J connectivity index is 3.16. The van der Waals surface area contributed by atoms with Crippen molar-refractivity contribution in [3.8, 4) is 0 Å². The molecule has 0 aliphatic heterocycles. The van der Waals surface area contributed by atoms with Crippen LogP contribution in [0.25, 0.3) is 0 Å². The van der Waals surface area contributed by atoms with Gasteiger partial charge in [0.25, 0.3) is 9.05 Å². The minimum Gasteiger partial charge on any atom is -0.291 e. The molecule has 0 saturated heterocycles. The Morgan fingerprint density at radius 1 is 1.42 bits per heavy atom. The van der Waals surface area contributed by atoms with Crippen molar-refractivity contribution in [2.45, 2.75) is 5.38 Å². The number of allylic oxidation sites excluding steroid dienone is 4. The van der Waals surface area contributed by atoms with E-state index in [1.807, 2.05) is 0 Å². The topological polar surface area (TPSA) is 51.2 Å². The van der Waals surface area contributed by atoms with Crippen LogP contribution >= 0.6 is 22.3 Å². The minimum absolute atomic E-state index is 0.452. The summed E-state index contributed by atoms with van der Waals surface area (Å²) in [4.78, 5) is 10.6. The molecule has 1 atom stereocenters. The molecule has 0 saturated carbocycles. The van der Waals surface area contributed by atoms with Crippen LogP contribution in [0.1, 0.15) is 0 Å². The van der Waals surface area contributed by atoms with Crippen molar-refractivity contribution in [1.29, 1.82) is 0 Å². The predicted octanol–water partition coefficient (Wildman–Crippen LogP) is 1.19. The summed E-state index contributed by atoms with van der Waals surface area (Å²) in [7, 11) is 1.00. The number of hydrogen-bond donors (Lipinski definition) is 0. The molecule has 6 heteroatoms. The lowest BCUT2D eigenvalue weighted by Crippen LogP contribution is -2.20. The summed E-state index contributed by atoms with van der Waals surface area (Å²) in [5, 5.41) is -0.932. The molecule has 0 amide bonds. The number of hydrogen-bond acceptors (Lipinski definition) is 3. The van der Waals surface area contributed by atoms with E-state index >= 15 is 0 Å². The van der Waals surface area contributed by atoms with Crippen LogP contribution in [0.15, 0.2) is 23.1 Å². The van der Waals surface area contributed by atoms with Gasteiger partial charge in [0.2, 0.25) is 0 Å². The molecule has 0 aromatic rings. The average molecular weight is 227 g/mol. The first-order valence-electron chi connectivity index (χ1n) is 2.94. The maximum atomic E-state index is 11.1. The maximum absolute atomic E-state index is 11.1. The van der Waals surface area contributed by atoms with Crippen molar-refractivity contribution < 1.29 is 13.2 Å². The molecule has 0 fully saturated rings. The Kier molecular flexibility index (Phi) is 2.61. The van der Waals surface area contributed by atoms with E-state index in [-0.39, 0.29) is 0 Å². The van der Waals surface area contributed by atoms with E-state index < -0.39 is 25.1 Å². The molecular weight excluding hydrogens is 223 g/mol. The summed E-state index contributed by atoms with van der Waals surface area (Å²) in [6, 6.07) is 0. The highest BCUT2D eigenvalue weighted by Crippen LogP contribution is 2.21. The van der Waals surface area contributed by atoms with Crippen molar-refractivity contribution in [2.75, 3.05) is 0 Å². The van der Waals surface area contributed by atoms with E-state index in [1.165, 1.54) is 12.2 Å². The van der Waals surface area contributed by atoms with Crippen LogP contribution in [-0.2, 0) is 13.8 Å². The zero-order chi connectivity index (χ0) is 9.35. The standard InChI is InChI=1S/C6H4Cl2O3S/c7-4-2-1-3-5(6(4)9)12(8,10)11/h1-4H. The first kappa shape index (κ1) is 9.77. The SMILES string of the molecule is O=C1C(S(=O)(=O)Cl)=CC=CC1Cl. The number of alkyl halides is 1. The minimum atomic E-state index is -3.96. The summed E-state index contributed by atoms with van der Waals surface area (Å²) in [5.41, 5.74) is 0. The van der Waals surface area contributed by atoms with E-state index in [1.54, 1.807) is 0 Å². The van der Waals surface area contributed by atoms with Gasteiger partial charge < -0.3 is 0 Å². The van der Waals surface area contributed by atoms with E-state index in [9.17, 15) is 13.2 Å². The van der Waals surface area contributed by atoms with Crippen molar-refractivity contribution in [2.24, 2.45) is 0 Å². The van der Waals surface area contributed by atoms with E-state index in [0.29, 0.717) is 0 Å². The lowest BCUT2D eigenvalue weighted by atomic mass is 10.2. The lowest BCUT2D eigenvalue weighted by molar-refractivity contribution is -0.114. The monoisotopic (exact) mass is 226 g/mol. The van der Waals surface area contributed by atoms with Crippen LogP contribution < -0.4 is 0 Å². The molecule has 1 rings (SSSR count).